The number of fused-ring (bicyclic) bond motifs is 2. The van der Waals surface area contributed by atoms with Gasteiger partial charge >= 0.3 is 5.97 Å². The van der Waals surface area contributed by atoms with Gasteiger partial charge in [0.2, 0.25) is 0 Å². The number of amides is 1. The highest BCUT2D eigenvalue weighted by atomic mass is 16.5. The van der Waals surface area contributed by atoms with Crippen LogP contribution in [0.5, 0.6) is 0 Å². The molecule has 154 valence electrons. The van der Waals surface area contributed by atoms with Crippen molar-refractivity contribution < 1.29 is 14.3 Å². The van der Waals surface area contributed by atoms with Gasteiger partial charge in [-0.05, 0) is 48.7 Å². The standard InChI is InChI=1S/C23H19N5O3/c1-12-13(2)25-27-21-19(12)20(26-28-21)24-22(29)15-8-9-17-16(10-15)11-18(31-23(17)30)14-6-4-3-5-7-14/h3-10,18H,11H2,1-2H3,(H2,24,26,27,28,29). The number of ether oxygens (including phenoxy) is 1. The second kappa shape index (κ2) is 7.32. The van der Waals surface area contributed by atoms with Crippen LogP contribution in [0.2, 0.25) is 0 Å². The van der Waals surface area contributed by atoms with Crippen molar-refractivity contribution in [1.82, 2.24) is 20.4 Å². The summed E-state index contributed by atoms with van der Waals surface area (Å²) in [7, 11) is 0. The van der Waals surface area contributed by atoms with Gasteiger partial charge in [-0.3, -0.25) is 9.89 Å². The van der Waals surface area contributed by atoms with Crippen molar-refractivity contribution in [1.29, 1.82) is 0 Å². The van der Waals surface area contributed by atoms with Crippen LogP contribution in [0.25, 0.3) is 11.0 Å². The van der Waals surface area contributed by atoms with E-state index in [1.165, 1.54) is 0 Å². The second-order valence-corrected chi connectivity index (χ2v) is 7.54. The van der Waals surface area contributed by atoms with E-state index in [4.69, 9.17) is 4.74 Å². The third-order valence-corrected chi connectivity index (χ3v) is 5.61. The van der Waals surface area contributed by atoms with Crippen molar-refractivity contribution in [3.05, 3.63) is 82.0 Å². The largest absolute Gasteiger partial charge is 0.454 e. The maximum absolute atomic E-state index is 13.0. The number of aryl methyl sites for hydroxylation is 2. The predicted octanol–water partition coefficient (Wildman–Crippen LogP) is 3.68. The summed E-state index contributed by atoms with van der Waals surface area (Å²) >= 11 is 0. The fourth-order valence-corrected chi connectivity index (χ4v) is 3.80. The highest BCUT2D eigenvalue weighted by Crippen LogP contribution is 2.31. The summed E-state index contributed by atoms with van der Waals surface area (Å²) in [6.07, 6.45) is 0.129. The maximum Gasteiger partial charge on any atom is 0.339 e. The number of esters is 1. The number of benzene rings is 2. The van der Waals surface area contributed by atoms with Gasteiger partial charge in [-0.2, -0.15) is 10.2 Å². The van der Waals surface area contributed by atoms with Gasteiger partial charge in [0.15, 0.2) is 11.5 Å². The fourth-order valence-electron chi connectivity index (χ4n) is 3.80. The van der Waals surface area contributed by atoms with E-state index in [9.17, 15) is 9.59 Å². The topological polar surface area (TPSA) is 110 Å². The normalized spacial score (nSPS) is 15.4. The van der Waals surface area contributed by atoms with Gasteiger partial charge in [-0.25, -0.2) is 4.79 Å². The van der Waals surface area contributed by atoms with Crippen LogP contribution in [0.15, 0.2) is 48.5 Å². The van der Waals surface area contributed by atoms with E-state index in [1.54, 1.807) is 18.2 Å². The molecule has 1 unspecified atom stereocenters. The second-order valence-electron chi connectivity index (χ2n) is 7.54. The lowest BCUT2D eigenvalue weighted by Gasteiger charge is -2.25. The van der Waals surface area contributed by atoms with E-state index >= 15 is 0 Å². The third kappa shape index (κ3) is 3.31. The molecule has 31 heavy (non-hydrogen) atoms. The molecular formula is C23H19N5O3. The molecule has 2 aromatic heterocycles. The summed E-state index contributed by atoms with van der Waals surface area (Å²) in [5.74, 6) is -0.305. The number of hydrogen-bond acceptors (Lipinski definition) is 6. The van der Waals surface area contributed by atoms with Crippen LogP contribution in [0.3, 0.4) is 0 Å². The molecule has 8 heteroatoms. The summed E-state index contributed by atoms with van der Waals surface area (Å²) in [5.41, 5.74) is 4.80. The lowest BCUT2D eigenvalue weighted by Crippen LogP contribution is -2.23. The van der Waals surface area contributed by atoms with Crippen molar-refractivity contribution in [2.75, 3.05) is 5.32 Å². The molecule has 0 aliphatic carbocycles. The van der Waals surface area contributed by atoms with Gasteiger partial charge in [0.05, 0.1) is 16.6 Å². The molecule has 1 aliphatic rings. The smallest absolute Gasteiger partial charge is 0.339 e. The number of hydrogen-bond donors (Lipinski definition) is 2. The Morgan fingerprint density at radius 2 is 1.94 bits per heavy atom. The first-order valence-electron chi connectivity index (χ1n) is 9.89. The summed E-state index contributed by atoms with van der Waals surface area (Å²) in [6.45, 7) is 3.76. The first-order valence-corrected chi connectivity index (χ1v) is 9.89. The average Bonchev–Trinajstić information content (AvgIpc) is 3.19. The molecule has 8 nitrogen and oxygen atoms in total. The number of anilines is 1. The lowest BCUT2D eigenvalue weighted by atomic mass is 9.93. The summed E-state index contributed by atoms with van der Waals surface area (Å²) in [4.78, 5) is 25.4. The SMILES string of the molecule is Cc1nnc2[nH]nc(NC(=O)c3ccc4c(c3)CC(c3ccccc3)OC4=O)c2c1C. The Labute approximate surface area is 177 Å². The Balaban J connectivity index is 1.44. The number of aromatic amines is 1. The van der Waals surface area contributed by atoms with Crippen molar-refractivity contribution in [3.8, 4) is 0 Å². The Bertz CT molecular complexity index is 1330. The highest BCUT2D eigenvalue weighted by molar-refractivity contribution is 6.08. The molecule has 1 atom stereocenters. The Hall–Kier alpha value is -4.07. The van der Waals surface area contributed by atoms with Crippen molar-refractivity contribution in [3.63, 3.8) is 0 Å². The zero-order valence-electron chi connectivity index (χ0n) is 17.0. The van der Waals surface area contributed by atoms with E-state index in [1.807, 2.05) is 44.2 Å². The van der Waals surface area contributed by atoms with Crippen LogP contribution in [-0.4, -0.2) is 32.3 Å². The number of aromatic nitrogens is 4. The molecule has 0 fully saturated rings. The van der Waals surface area contributed by atoms with E-state index in [-0.39, 0.29) is 18.0 Å². The van der Waals surface area contributed by atoms with Crippen LogP contribution in [0.4, 0.5) is 5.82 Å². The summed E-state index contributed by atoms with van der Waals surface area (Å²) in [6, 6.07) is 14.6. The first kappa shape index (κ1) is 18.9. The molecule has 0 saturated heterocycles. The molecule has 1 aliphatic heterocycles. The molecular weight excluding hydrogens is 394 g/mol. The third-order valence-electron chi connectivity index (χ3n) is 5.61. The van der Waals surface area contributed by atoms with Crippen LogP contribution < -0.4 is 5.32 Å². The Morgan fingerprint density at radius 1 is 1.13 bits per heavy atom. The Kier molecular flexibility index (Phi) is 4.47. The predicted molar refractivity (Wildman–Crippen MR) is 114 cm³/mol. The minimum atomic E-state index is -0.384. The molecule has 1 amide bonds. The minimum absolute atomic E-state index is 0.319. The van der Waals surface area contributed by atoms with E-state index in [0.717, 1.165) is 27.8 Å². The number of carbonyl (C=O) groups excluding carboxylic acids is 2. The monoisotopic (exact) mass is 413 g/mol. The molecule has 0 spiro atoms. The van der Waals surface area contributed by atoms with Gasteiger partial charge in [0, 0.05) is 12.0 Å². The number of carbonyl (C=O) groups is 2. The molecule has 4 aromatic rings. The van der Waals surface area contributed by atoms with E-state index in [0.29, 0.717) is 29.0 Å². The molecule has 0 radical (unpaired) electrons. The first-order chi connectivity index (χ1) is 15.0. The minimum Gasteiger partial charge on any atom is -0.454 e. The molecule has 2 N–H and O–H groups in total. The van der Waals surface area contributed by atoms with Gasteiger partial charge in [0.25, 0.3) is 5.91 Å². The van der Waals surface area contributed by atoms with Crippen LogP contribution in [0.1, 0.15) is 49.2 Å². The Morgan fingerprint density at radius 3 is 2.74 bits per heavy atom. The number of H-pyrrole nitrogens is 1. The molecule has 5 rings (SSSR count). The van der Waals surface area contributed by atoms with Gasteiger partial charge in [-0.1, -0.05) is 30.3 Å². The highest BCUT2D eigenvalue weighted by Gasteiger charge is 2.28. The molecule has 0 saturated carbocycles. The number of nitrogens with zero attached hydrogens (tertiary/aromatic N) is 3. The van der Waals surface area contributed by atoms with Crippen molar-refractivity contribution in [2.24, 2.45) is 0 Å². The maximum atomic E-state index is 13.0. The zero-order chi connectivity index (χ0) is 21.5. The summed E-state index contributed by atoms with van der Waals surface area (Å²) < 4.78 is 5.59. The quantitative estimate of drug-likeness (QED) is 0.496. The zero-order valence-corrected chi connectivity index (χ0v) is 17.0. The fraction of sp³-hybridized carbons (Fsp3) is 0.174. The van der Waals surface area contributed by atoms with E-state index < -0.39 is 0 Å². The summed E-state index contributed by atoms with van der Waals surface area (Å²) in [5, 5.41) is 18.7. The van der Waals surface area contributed by atoms with Crippen LogP contribution >= 0.6 is 0 Å². The van der Waals surface area contributed by atoms with Crippen molar-refractivity contribution in [2.45, 2.75) is 26.4 Å². The van der Waals surface area contributed by atoms with Gasteiger partial charge in [0.1, 0.15) is 6.10 Å². The van der Waals surface area contributed by atoms with Crippen LogP contribution in [-0.2, 0) is 11.2 Å². The molecule has 3 heterocycles. The number of cyclic esters (lactones) is 1. The molecule has 0 bridgehead atoms. The van der Waals surface area contributed by atoms with Crippen molar-refractivity contribution >= 4 is 28.7 Å². The number of nitrogens with one attached hydrogen (secondary N) is 2. The molecule has 2 aromatic carbocycles. The lowest BCUT2D eigenvalue weighted by molar-refractivity contribution is 0.0252. The van der Waals surface area contributed by atoms with Crippen LogP contribution in [0, 0.1) is 13.8 Å². The van der Waals surface area contributed by atoms with Gasteiger partial charge in [-0.15, -0.1) is 5.10 Å². The van der Waals surface area contributed by atoms with E-state index in [2.05, 4.69) is 25.7 Å². The average molecular weight is 413 g/mol. The van der Waals surface area contributed by atoms with Gasteiger partial charge < -0.3 is 10.1 Å². The number of rotatable bonds is 3.